The molecule has 0 radical (unpaired) electrons. The number of nitrogens with one attached hydrogen (secondary N) is 1. The molecule has 0 bridgehead atoms. The Morgan fingerprint density at radius 3 is 2.71 bits per heavy atom. The predicted molar refractivity (Wildman–Crippen MR) is 70.3 cm³/mol. The van der Waals surface area contributed by atoms with Gasteiger partial charge in [0.1, 0.15) is 0 Å². The van der Waals surface area contributed by atoms with Crippen molar-refractivity contribution in [3.63, 3.8) is 0 Å². The Labute approximate surface area is 106 Å². The molecule has 0 saturated heterocycles. The van der Waals surface area contributed by atoms with Gasteiger partial charge in [0.15, 0.2) is 5.96 Å². The van der Waals surface area contributed by atoms with Crippen molar-refractivity contribution < 1.29 is 0 Å². The number of fused-ring (bicyclic) bond motifs is 1. The smallest absolute Gasteiger partial charge is 0.189 e. The number of aliphatic imine (C=N–C) groups is 1. The van der Waals surface area contributed by atoms with E-state index in [2.05, 4.69) is 29.4 Å². The van der Waals surface area contributed by atoms with Crippen LogP contribution in [0.1, 0.15) is 24.8 Å². The van der Waals surface area contributed by atoms with Crippen LogP contribution in [0.4, 0.5) is 0 Å². The summed E-state index contributed by atoms with van der Waals surface area (Å²) < 4.78 is 0. The average Bonchev–Trinajstić information content (AvgIpc) is 2.79. The van der Waals surface area contributed by atoms with Gasteiger partial charge in [-0.3, -0.25) is 0 Å². The fourth-order valence-corrected chi connectivity index (χ4v) is 3.25. The van der Waals surface area contributed by atoms with E-state index in [1.807, 2.05) is 12.1 Å². The van der Waals surface area contributed by atoms with E-state index >= 15 is 0 Å². The Morgan fingerprint density at radius 2 is 2.06 bits per heavy atom. The number of nitrogens with two attached hydrogens (primary N) is 1. The fourth-order valence-electron chi connectivity index (χ4n) is 3.12. The minimum atomic E-state index is 0.329. The molecule has 17 heavy (non-hydrogen) atoms. The Hall–Kier alpha value is -1.22. The molecule has 3 N–H and O–H groups in total. The standard InChI is InChI=1S/C13H16ClN3/c1-7-10(8-2-4-9(14)5-3-8)6-11-12(7)17-13(15)16-11/h2-5,7,10-12H,6H2,1H3,(H3,15,16,17)/t7-,10-,11?,12?/m0/s1. The highest BCUT2D eigenvalue weighted by Crippen LogP contribution is 2.42. The molecule has 1 fully saturated rings. The molecule has 4 atom stereocenters. The normalized spacial score (nSPS) is 35.3. The molecule has 90 valence electrons. The third-order valence-electron chi connectivity index (χ3n) is 4.01. The summed E-state index contributed by atoms with van der Waals surface area (Å²) in [6.07, 6.45) is 1.09. The third kappa shape index (κ3) is 1.78. The maximum Gasteiger partial charge on any atom is 0.189 e. The van der Waals surface area contributed by atoms with Gasteiger partial charge in [0.05, 0.1) is 12.1 Å². The number of nitrogens with zero attached hydrogens (tertiary/aromatic N) is 1. The molecule has 1 aromatic carbocycles. The van der Waals surface area contributed by atoms with E-state index in [4.69, 9.17) is 17.3 Å². The summed E-state index contributed by atoms with van der Waals surface area (Å²) in [7, 11) is 0. The second-order valence-electron chi connectivity index (χ2n) is 5.01. The van der Waals surface area contributed by atoms with Crippen LogP contribution < -0.4 is 11.1 Å². The molecule has 3 nitrogen and oxygen atoms in total. The molecule has 1 aromatic rings. The molecular formula is C13H16ClN3. The Morgan fingerprint density at radius 1 is 1.35 bits per heavy atom. The van der Waals surface area contributed by atoms with Crippen LogP contribution in [-0.4, -0.2) is 18.0 Å². The number of halogens is 1. The van der Waals surface area contributed by atoms with Crippen molar-refractivity contribution in [3.05, 3.63) is 34.9 Å². The highest BCUT2D eigenvalue weighted by Gasteiger charge is 2.44. The van der Waals surface area contributed by atoms with Gasteiger partial charge < -0.3 is 11.1 Å². The van der Waals surface area contributed by atoms with E-state index < -0.39 is 0 Å². The minimum Gasteiger partial charge on any atom is -0.370 e. The van der Waals surface area contributed by atoms with Gasteiger partial charge in [-0.1, -0.05) is 30.7 Å². The molecule has 2 aliphatic rings. The first-order valence-corrected chi connectivity index (χ1v) is 6.38. The van der Waals surface area contributed by atoms with Crippen LogP contribution in [0.15, 0.2) is 29.3 Å². The van der Waals surface area contributed by atoms with E-state index in [-0.39, 0.29) is 0 Å². The summed E-state index contributed by atoms with van der Waals surface area (Å²) >= 11 is 5.92. The summed E-state index contributed by atoms with van der Waals surface area (Å²) in [4.78, 5) is 4.48. The molecule has 4 heteroatoms. The number of benzene rings is 1. The molecule has 1 aliphatic heterocycles. The van der Waals surface area contributed by atoms with Crippen LogP contribution >= 0.6 is 11.6 Å². The zero-order chi connectivity index (χ0) is 12.0. The van der Waals surface area contributed by atoms with Gasteiger partial charge in [-0.05, 0) is 36.0 Å². The van der Waals surface area contributed by atoms with Crippen molar-refractivity contribution in [2.24, 2.45) is 16.6 Å². The SMILES string of the molecule is C[C@@H]1C2N=C(N)NC2C[C@@H]1c1ccc(Cl)cc1. The minimum absolute atomic E-state index is 0.329. The van der Waals surface area contributed by atoms with Gasteiger partial charge in [-0.2, -0.15) is 0 Å². The average molecular weight is 250 g/mol. The van der Waals surface area contributed by atoms with Crippen LogP contribution in [0, 0.1) is 5.92 Å². The fraction of sp³-hybridized carbons (Fsp3) is 0.462. The third-order valence-corrected chi connectivity index (χ3v) is 4.27. The summed E-state index contributed by atoms with van der Waals surface area (Å²) in [5.74, 6) is 1.67. The van der Waals surface area contributed by atoms with Crippen molar-refractivity contribution >= 4 is 17.6 Å². The number of guanidine groups is 1. The van der Waals surface area contributed by atoms with E-state index in [0.29, 0.717) is 29.9 Å². The molecular weight excluding hydrogens is 234 g/mol. The number of rotatable bonds is 1. The van der Waals surface area contributed by atoms with Gasteiger partial charge in [0.2, 0.25) is 0 Å². The monoisotopic (exact) mass is 249 g/mol. The summed E-state index contributed by atoms with van der Waals surface area (Å²) in [5, 5.41) is 4.05. The molecule has 0 spiro atoms. The predicted octanol–water partition coefficient (Wildman–Crippen LogP) is 2.12. The van der Waals surface area contributed by atoms with Crippen LogP contribution in [0.25, 0.3) is 0 Å². The van der Waals surface area contributed by atoms with Crippen molar-refractivity contribution in [1.82, 2.24) is 5.32 Å². The van der Waals surface area contributed by atoms with Crippen molar-refractivity contribution in [2.45, 2.75) is 31.3 Å². The molecule has 1 aliphatic carbocycles. The maximum atomic E-state index is 5.92. The molecule has 2 unspecified atom stereocenters. The van der Waals surface area contributed by atoms with Crippen molar-refractivity contribution in [2.75, 3.05) is 0 Å². The van der Waals surface area contributed by atoms with E-state index in [1.54, 1.807) is 0 Å². The lowest BCUT2D eigenvalue weighted by molar-refractivity contribution is 0.476. The molecule has 1 saturated carbocycles. The molecule has 0 aromatic heterocycles. The quantitative estimate of drug-likeness (QED) is 0.801. The molecule has 0 amide bonds. The molecule has 3 rings (SSSR count). The Kier molecular flexibility index (Phi) is 2.51. The lowest BCUT2D eigenvalue weighted by Gasteiger charge is -2.17. The highest BCUT2D eigenvalue weighted by atomic mass is 35.5. The Balaban J connectivity index is 1.85. The lowest BCUT2D eigenvalue weighted by Crippen LogP contribution is -2.35. The number of hydrogen-bond donors (Lipinski definition) is 2. The largest absolute Gasteiger partial charge is 0.370 e. The van der Waals surface area contributed by atoms with Gasteiger partial charge in [-0.15, -0.1) is 0 Å². The zero-order valence-corrected chi connectivity index (χ0v) is 10.5. The van der Waals surface area contributed by atoms with E-state index in [1.165, 1.54) is 5.56 Å². The van der Waals surface area contributed by atoms with Gasteiger partial charge in [-0.25, -0.2) is 4.99 Å². The highest BCUT2D eigenvalue weighted by molar-refractivity contribution is 6.30. The van der Waals surface area contributed by atoms with Crippen molar-refractivity contribution in [1.29, 1.82) is 0 Å². The second-order valence-corrected chi connectivity index (χ2v) is 5.45. The first-order valence-electron chi connectivity index (χ1n) is 6.00. The summed E-state index contributed by atoms with van der Waals surface area (Å²) in [6, 6.07) is 8.90. The van der Waals surface area contributed by atoms with Crippen LogP contribution in [0.2, 0.25) is 5.02 Å². The number of hydrogen-bond acceptors (Lipinski definition) is 3. The van der Waals surface area contributed by atoms with Gasteiger partial charge >= 0.3 is 0 Å². The van der Waals surface area contributed by atoms with Crippen LogP contribution in [0.3, 0.4) is 0 Å². The topological polar surface area (TPSA) is 50.4 Å². The van der Waals surface area contributed by atoms with Crippen LogP contribution in [0.5, 0.6) is 0 Å². The van der Waals surface area contributed by atoms with Crippen molar-refractivity contribution in [3.8, 4) is 0 Å². The summed E-state index contributed by atoms with van der Waals surface area (Å²) in [6.45, 7) is 2.26. The Bertz CT molecular complexity index is 454. The van der Waals surface area contributed by atoms with E-state index in [0.717, 1.165) is 11.4 Å². The second kappa shape index (κ2) is 3.91. The first kappa shape index (κ1) is 10.9. The maximum absolute atomic E-state index is 5.92. The molecule has 1 heterocycles. The zero-order valence-electron chi connectivity index (χ0n) is 9.73. The van der Waals surface area contributed by atoms with Crippen LogP contribution in [-0.2, 0) is 0 Å². The summed E-state index contributed by atoms with van der Waals surface area (Å²) in [5.41, 5.74) is 7.07. The lowest BCUT2D eigenvalue weighted by atomic mass is 9.89. The first-order chi connectivity index (χ1) is 8.15. The van der Waals surface area contributed by atoms with Gasteiger partial charge in [0, 0.05) is 5.02 Å². The van der Waals surface area contributed by atoms with E-state index in [9.17, 15) is 0 Å². The van der Waals surface area contributed by atoms with Gasteiger partial charge in [0.25, 0.3) is 0 Å².